The Kier molecular flexibility index (Phi) is 5.55. The summed E-state index contributed by atoms with van der Waals surface area (Å²) in [6.45, 7) is 0.469. The van der Waals surface area contributed by atoms with Gasteiger partial charge in [0, 0.05) is 17.7 Å². The molecular formula is C20H16ClN5OS. The van der Waals surface area contributed by atoms with Gasteiger partial charge in [-0.1, -0.05) is 71.9 Å². The molecule has 6 nitrogen and oxygen atoms in total. The summed E-state index contributed by atoms with van der Waals surface area (Å²) in [5, 5.41) is 18.2. The lowest BCUT2D eigenvalue weighted by atomic mass is 10.1. The molecular weight excluding hydrogens is 394 g/mol. The number of aromatic nitrogens is 4. The van der Waals surface area contributed by atoms with Crippen molar-refractivity contribution in [3.63, 3.8) is 0 Å². The zero-order chi connectivity index (χ0) is 19.3. The number of carbonyl (C=O) groups excluding carboxylic acids is 1. The fraction of sp³-hybridized carbons (Fsp3) is 0.100. The molecule has 0 aliphatic rings. The van der Waals surface area contributed by atoms with Crippen LogP contribution in [-0.4, -0.2) is 38.4 Å². The maximum absolute atomic E-state index is 12.2. The topological polar surface area (TPSA) is 72.7 Å². The maximum Gasteiger partial charge on any atom is 0.252 e. The highest BCUT2D eigenvalue weighted by Gasteiger charge is 2.12. The van der Waals surface area contributed by atoms with Gasteiger partial charge in [0.1, 0.15) is 0 Å². The predicted molar refractivity (Wildman–Crippen MR) is 111 cm³/mol. The number of nitrogens with one attached hydrogen (secondary N) is 1. The van der Waals surface area contributed by atoms with Gasteiger partial charge in [0.25, 0.3) is 5.91 Å². The summed E-state index contributed by atoms with van der Waals surface area (Å²) in [5.74, 6) is 0.432. The molecule has 0 fully saturated rings. The Morgan fingerprint density at radius 2 is 1.82 bits per heavy atom. The van der Waals surface area contributed by atoms with E-state index in [1.54, 1.807) is 28.9 Å². The van der Waals surface area contributed by atoms with Gasteiger partial charge in [0.05, 0.1) is 16.3 Å². The summed E-state index contributed by atoms with van der Waals surface area (Å²) < 4.78 is 1.73. The van der Waals surface area contributed by atoms with Crippen molar-refractivity contribution in [2.45, 2.75) is 5.16 Å². The van der Waals surface area contributed by atoms with Crippen molar-refractivity contribution in [3.8, 4) is 5.69 Å². The van der Waals surface area contributed by atoms with E-state index < -0.39 is 0 Å². The van der Waals surface area contributed by atoms with Gasteiger partial charge in [0.15, 0.2) is 0 Å². The summed E-state index contributed by atoms with van der Waals surface area (Å²) in [6, 6.07) is 21.1. The van der Waals surface area contributed by atoms with Crippen LogP contribution in [0.2, 0.25) is 5.02 Å². The van der Waals surface area contributed by atoms with Crippen LogP contribution in [-0.2, 0) is 0 Å². The average Bonchev–Trinajstić information content (AvgIpc) is 3.19. The zero-order valence-corrected chi connectivity index (χ0v) is 16.3. The van der Waals surface area contributed by atoms with Crippen LogP contribution in [0, 0.1) is 0 Å². The SMILES string of the molecule is O=C(NCCSc1nnnn1-c1cccc2ccccc12)c1ccccc1Cl. The third-order valence-electron chi connectivity index (χ3n) is 4.17. The van der Waals surface area contributed by atoms with Gasteiger partial charge in [-0.2, -0.15) is 4.68 Å². The Hall–Kier alpha value is -2.90. The number of fused-ring (bicyclic) bond motifs is 1. The van der Waals surface area contributed by atoms with Crippen molar-refractivity contribution in [1.82, 2.24) is 25.5 Å². The van der Waals surface area contributed by atoms with E-state index in [-0.39, 0.29) is 5.91 Å². The van der Waals surface area contributed by atoms with Crippen LogP contribution in [0.5, 0.6) is 0 Å². The molecule has 1 N–H and O–H groups in total. The third-order valence-corrected chi connectivity index (χ3v) is 5.42. The molecule has 0 unspecified atom stereocenters. The van der Waals surface area contributed by atoms with Crippen molar-refractivity contribution in [2.75, 3.05) is 12.3 Å². The molecule has 140 valence electrons. The lowest BCUT2D eigenvalue weighted by Gasteiger charge is -2.09. The molecule has 0 saturated carbocycles. The largest absolute Gasteiger partial charge is 0.351 e. The van der Waals surface area contributed by atoms with Gasteiger partial charge >= 0.3 is 0 Å². The number of benzene rings is 3. The molecule has 1 amide bonds. The summed E-state index contributed by atoms with van der Waals surface area (Å²) in [4.78, 5) is 12.2. The number of nitrogens with zero attached hydrogens (tertiary/aromatic N) is 4. The third kappa shape index (κ3) is 3.85. The summed E-state index contributed by atoms with van der Waals surface area (Å²) in [6.07, 6.45) is 0. The fourth-order valence-electron chi connectivity index (χ4n) is 2.86. The Bertz CT molecular complexity index is 1130. The van der Waals surface area contributed by atoms with Gasteiger partial charge in [-0.25, -0.2) is 0 Å². The lowest BCUT2D eigenvalue weighted by molar-refractivity contribution is 0.0956. The smallest absolute Gasteiger partial charge is 0.252 e. The van der Waals surface area contributed by atoms with Gasteiger partial charge in [-0.3, -0.25) is 4.79 Å². The van der Waals surface area contributed by atoms with E-state index in [9.17, 15) is 4.79 Å². The van der Waals surface area contributed by atoms with E-state index in [0.717, 1.165) is 16.5 Å². The monoisotopic (exact) mass is 409 g/mol. The first-order chi connectivity index (χ1) is 13.7. The van der Waals surface area contributed by atoms with E-state index in [1.165, 1.54) is 11.8 Å². The number of amides is 1. The summed E-state index contributed by atoms with van der Waals surface area (Å²) in [5.41, 5.74) is 1.39. The van der Waals surface area contributed by atoms with E-state index in [0.29, 0.717) is 28.0 Å². The number of hydrogen-bond acceptors (Lipinski definition) is 5. The highest BCUT2D eigenvalue weighted by Crippen LogP contribution is 2.25. The zero-order valence-electron chi connectivity index (χ0n) is 14.7. The molecule has 3 aromatic carbocycles. The van der Waals surface area contributed by atoms with E-state index >= 15 is 0 Å². The minimum atomic E-state index is -0.195. The van der Waals surface area contributed by atoms with Crippen LogP contribution in [0.3, 0.4) is 0 Å². The Morgan fingerprint density at radius 3 is 2.71 bits per heavy atom. The first-order valence-electron chi connectivity index (χ1n) is 8.66. The number of halogens is 1. The van der Waals surface area contributed by atoms with Gasteiger partial charge in [-0.05, 0) is 34.0 Å². The minimum absolute atomic E-state index is 0.195. The Balaban J connectivity index is 1.43. The summed E-state index contributed by atoms with van der Waals surface area (Å²) in [7, 11) is 0. The van der Waals surface area contributed by atoms with Gasteiger partial charge in [0.2, 0.25) is 5.16 Å². The lowest BCUT2D eigenvalue weighted by Crippen LogP contribution is -2.26. The molecule has 0 bridgehead atoms. The number of rotatable bonds is 6. The number of thioether (sulfide) groups is 1. The van der Waals surface area contributed by atoms with Crippen molar-refractivity contribution in [2.24, 2.45) is 0 Å². The molecule has 0 aliphatic heterocycles. The standard InChI is InChI=1S/C20H16ClN5OS/c21-17-10-4-3-9-16(17)19(27)22-12-13-28-20-23-24-25-26(20)18-11-5-7-14-6-1-2-8-15(14)18/h1-11H,12-13H2,(H,22,27). The highest BCUT2D eigenvalue weighted by molar-refractivity contribution is 7.99. The normalized spacial score (nSPS) is 10.9. The number of hydrogen-bond donors (Lipinski definition) is 1. The van der Waals surface area contributed by atoms with E-state index in [1.807, 2.05) is 30.3 Å². The van der Waals surface area contributed by atoms with Crippen molar-refractivity contribution in [3.05, 3.63) is 77.3 Å². The molecule has 4 rings (SSSR count). The summed E-state index contributed by atoms with van der Waals surface area (Å²) >= 11 is 7.53. The molecule has 0 radical (unpaired) electrons. The van der Waals surface area contributed by atoms with Gasteiger partial charge in [-0.15, -0.1) is 5.10 Å². The molecule has 0 spiro atoms. The molecule has 28 heavy (non-hydrogen) atoms. The van der Waals surface area contributed by atoms with Crippen molar-refractivity contribution in [1.29, 1.82) is 0 Å². The minimum Gasteiger partial charge on any atom is -0.351 e. The van der Waals surface area contributed by atoms with Crippen molar-refractivity contribution >= 4 is 40.0 Å². The van der Waals surface area contributed by atoms with E-state index in [2.05, 4.69) is 33.0 Å². The number of tetrazole rings is 1. The fourth-order valence-corrected chi connectivity index (χ4v) is 3.82. The molecule has 0 aliphatic carbocycles. The van der Waals surface area contributed by atoms with E-state index in [4.69, 9.17) is 11.6 Å². The molecule has 4 aromatic rings. The molecule has 0 saturated heterocycles. The second kappa shape index (κ2) is 8.41. The van der Waals surface area contributed by atoms with Crippen LogP contribution in [0.15, 0.2) is 71.9 Å². The quantitative estimate of drug-likeness (QED) is 0.385. The van der Waals surface area contributed by atoms with Crippen LogP contribution < -0.4 is 5.32 Å². The second-order valence-electron chi connectivity index (χ2n) is 5.96. The van der Waals surface area contributed by atoms with Crippen LogP contribution in [0.25, 0.3) is 16.5 Å². The van der Waals surface area contributed by atoms with Crippen LogP contribution >= 0.6 is 23.4 Å². The number of carbonyl (C=O) groups is 1. The Labute approximate surface area is 170 Å². The van der Waals surface area contributed by atoms with Crippen LogP contribution in [0.1, 0.15) is 10.4 Å². The average molecular weight is 410 g/mol. The van der Waals surface area contributed by atoms with Gasteiger partial charge < -0.3 is 5.32 Å². The molecule has 1 heterocycles. The second-order valence-corrected chi connectivity index (χ2v) is 7.43. The Morgan fingerprint density at radius 1 is 1.04 bits per heavy atom. The first-order valence-corrected chi connectivity index (χ1v) is 10.0. The molecule has 8 heteroatoms. The first kappa shape index (κ1) is 18.5. The van der Waals surface area contributed by atoms with Crippen LogP contribution in [0.4, 0.5) is 0 Å². The van der Waals surface area contributed by atoms with Crippen molar-refractivity contribution < 1.29 is 4.79 Å². The maximum atomic E-state index is 12.2. The highest BCUT2D eigenvalue weighted by atomic mass is 35.5. The predicted octanol–water partition coefficient (Wildman–Crippen LogP) is 3.99. The molecule has 0 atom stereocenters. The molecule has 1 aromatic heterocycles.